The highest BCUT2D eigenvalue weighted by molar-refractivity contribution is 7.86. The molecule has 16 heteroatoms. The smallest absolute Gasteiger partial charge is 0.335 e. The number of carbonyl (C=O) groups is 1. The number of anilines is 1. The molecule has 2 aromatic carbocycles. The number of hydrogen-bond donors (Lipinski definition) is 4. The topological polar surface area (TPSA) is 207 Å². The van der Waals surface area contributed by atoms with Gasteiger partial charge in [0, 0.05) is 47.5 Å². The van der Waals surface area contributed by atoms with Crippen LogP contribution in [0.2, 0.25) is 0 Å². The second kappa shape index (κ2) is 13.7. The predicted molar refractivity (Wildman–Crippen MR) is 182 cm³/mol. The summed E-state index contributed by atoms with van der Waals surface area (Å²) in [5.41, 5.74) is 1.91. The van der Waals surface area contributed by atoms with Crippen molar-refractivity contribution in [3.05, 3.63) is 95.2 Å². The molecule has 0 fully saturated rings. The first-order valence-corrected chi connectivity index (χ1v) is 19.8. The Morgan fingerprint density at radius 3 is 2.10 bits per heavy atom. The van der Waals surface area contributed by atoms with E-state index in [9.17, 15) is 48.8 Å². The fraction of sp³-hybridized carbons (Fsp3) is 0.375. The van der Waals surface area contributed by atoms with Crippen molar-refractivity contribution in [3.8, 4) is 0 Å². The van der Waals surface area contributed by atoms with Gasteiger partial charge < -0.3 is 10.0 Å². The molecule has 2 heterocycles. The number of carboxylic acid groups (broad SMARTS) is 1. The third kappa shape index (κ3) is 8.48. The number of carboxylic acids is 1. The van der Waals surface area contributed by atoms with Gasteiger partial charge >= 0.3 is 5.97 Å². The number of fused-ring (bicyclic) bond motifs is 2. The normalized spacial score (nSPS) is 20.3. The molecule has 4 rings (SSSR count). The van der Waals surface area contributed by atoms with Crippen molar-refractivity contribution in [2.24, 2.45) is 0 Å². The summed E-state index contributed by atoms with van der Waals surface area (Å²) in [4.78, 5) is 13.8. The van der Waals surface area contributed by atoms with Crippen molar-refractivity contribution in [2.45, 2.75) is 44.4 Å². The average Bonchev–Trinajstić information content (AvgIpc) is 3.30. The Morgan fingerprint density at radius 2 is 1.48 bits per heavy atom. The van der Waals surface area contributed by atoms with E-state index in [1.165, 1.54) is 18.2 Å². The molecular formula is C32H39N2O11S3+. The number of rotatable bonds is 14. The first-order chi connectivity index (χ1) is 22.1. The highest BCUT2D eigenvalue weighted by atomic mass is 32.2. The van der Waals surface area contributed by atoms with Crippen LogP contribution in [0.25, 0.3) is 0 Å². The van der Waals surface area contributed by atoms with Gasteiger partial charge in [-0.15, -0.1) is 0 Å². The molecule has 0 saturated carbocycles. The van der Waals surface area contributed by atoms with Gasteiger partial charge in [0.15, 0.2) is 5.71 Å². The molecule has 260 valence electrons. The van der Waals surface area contributed by atoms with Crippen LogP contribution >= 0.6 is 0 Å². The summed E-state index contributed by atoms with van der Waals surface area (Å²) in [7, 11) is -13.0. The number of allylic oxidation sites excluding steroid dienone is 6. The zero-order valence-corrected chi connectivity index (χ0v) is 29.1. The summed E-state index contributed by atoms with van der Waals surface area (Å²) >= 11 is 0. The summed E-state index contributed by atoms with van der Waals surface area (Å²) in [6.45, 7) is 5.97. The first-order valence-electron chi connectivity index (χ1n) is 14.9. The minimum atomic E-state index is -4.60. The summed E-state index contributed by atoms with van der Waals surface area (Å²) in [6.07, 6.45) is 8.69. The van der Waals surface area contributed by atoms with E-state index in [4.69, 9.17) is 0 Å². The molecule has 48 heavy (non-hydrogen) atoms. The van der Waals surface area contributed by atoms with Crippen LogP contribution in [0.3, 0.4) is 0 Å². The predicted octanol–water partition coefficient (Wildman–Crippen LogP) is 3.98. The Bertz CT molecular complexity index is 2060. The summed E-state index contributed by atoms with van der Waals surface area (Å²) in [5, 5.41) is 9.62. The van der Waals surface area contributed by atoms with Gasteiger partial charge in [-0.25, -0.2) is 4.79 Å². The van der Waals surface area contributed by atoms with Gasteiger partial charge in [-0.3, -0.25) is 13.7 Å². The zero-order chi connectivity index (χ0) is 35.7. The molecule has 1 unspecified atom stereocenters. The van der Waals surface area contributed by atoms with Crippen molar-refractivity contribution in [1.82, 2.24) is 0 Å². The van der Waals surface area contributed by atoms with Crippen LogP contribution in [0, 0.1) is 0 Å². The van der Waals surface area contributed by atoms with E-state index in [0.29, 0.717) is 23.5 Å². The molecule has 2 aliphatic rings. The molecule has 0 spiro atoms. The van der Waals surface area contributed by atoms with Crippen LogP contribution in [0.4, 0.5) is 11.4 Å². The molecule has 4 N–H and O–H groups in total. The molecule has 2 aromatic rings. The van der Waals surface area contributed by atoms with E-state index in [1.54, 1.807) is 35.8 Å². The largest absolute Gasteiger partial charge is 0.478 e. The van der Waals surface area contributed by atoms with Gasteiger partial charge in [-0.1, -0.05) is 50.3 Å². The fourth-order valence-corrected chi connectivity index (χ4v) is 8.51. The van der Waals surface area contributed by atoms with Gasteiger partial charge in [0.2, 0.25) is 5.69 Å². The molecule has 0 radical (unpaired) electrons. The third-order valence-corrected chi connectivity index (χ3v) is 11.1. The van der Waals surface area contributed by atoms with Crippen LogP contribution < -0.4 is 4.90 Å². The Kier molecular flexibility index (Phi) is 10.6. The number of benzene rings is 2. The molecule has 2 aliphatic heterocycles. The van der Waals surface area contributed by atoms with Crippen LogP contribution in [-0.2, 0) is 41.2 Å². The molecule has 0 aliphatic carbocycles. The quantitative estimate of drug-likeness (QED) is 0.124. The van der Waals surface area contributed by atoms with E-state index in [-0.39, 0.29) is 24.9 Å². The van der Waals surface area contributed by atoms with Crippen molar-refractivity contribution in [3.63, 3.8) is 0 Å². The molecule has 13 nitrogen and oxygen atoms in total. The van der Waals surface area contributed by atoms with Crippen molar-refractivity contribution < 1.29 is 53.4 Å². The van der Waals surface area contributed by atoms with E-state index in [1.807, 2.05) is 49.1 Å². The van der Waals surface area contributed by atoms with Crippen molar-refractivity contribution in [1.29, 1.82) is 0 Å². The van der Waals surface area contributed by atoms with Gasteiger partial charge in [0.05, 0.1) is 28.2 Å². The molecule has 1 atom stereocenters. The third-order valence-electron chi connectivity index (χ3n) is 8.55. The Morgan fingerprint density at radius 1 is 0.833 bits per heavy atom. The summed E-state index contributed by atoms with van der Waals surface area (Å²) in [5.74, 6) is -2.99. The van der Waals surface area contributed by atoms with Crippen LogP contribution in [0.5, 0.6) is 0 Å². The summed E-state index contributed by atoms with van der Waals surface area (Å²) in [6, 6.07) is 11.9. The SMILES string of the molecule is CC1(CS(=O)(=O)O)C(/C=C/C=C/C=C2/N(CCCS(=O)(=O)O)c3ccccc3C2(C)C)=[N+](CCCS(=O)(=O)O)c2ccc(C(=O)O)cc21. The Hall–Kier alpha value is -3.67. The lowest BCUT2D eigenvalue weighted by atomic mass is 9.80. The highest BCUT2D eigenvalue weighted by Crippen LogP contribution is 2.47. The molecular weight excluding hydrogens is 685 g/mol. The Labute approximate surface area is 280 Å². The minimum absolute atomic E-state index is 0.0265. The lowest BCUT2D eigenvalue weighted by Crippen LogP contribution is -2.38. The second-order valence-corrected chi connectivity index (χ2v) is 17.1. The molecule has 0 aromatic heterocycles. The number of hydrogen-bond acceptors (Lipinski definition) is 8. The van der Waals surface area contributed by atoms with Crippen molar-refractivity contribution in [2.75, 3.05) is 35.2 Å². The van der Waals surface area contributed by atoms with Gasteiger partial charge in [-0.2, -0.15) is 29.8 Å². The van der Waals surface area contributed by atoms with Gasteiger partial charge in [0.1, 0.15) is 6.54 Å². The van der Waals surface area contributed by atoms with Gasteiger partial charge in [-0.05, 0) is 43.2 Å². The lowest BCUT2D eigenvalue weighted by Gasteiger charge is -2.27. The monoisotopic (exact) mass is 723 g/mol. The van der Waals surface area contributed by atoms with Crippen LogP contribution in [0.1, 0.15) is 55.1 Å². The molecule has 0 amide bonds. The van der Waals surface area contributed by atoms with E-state index >= 15 is 0 Å². The molecule has 0 bridgehead atoms. The summed E-state index contributed by atoms with van der Waals surface area (Å²) < 4.78 is 100. The standard InChI is InChI=1S/C32H38N2O11S3/c1-31(2)24-11-7-8-12-26(24)33(17-9-19-46(37,38)39)28(31)13-5-4-6-14-29-32(3,22-48(43,44)45)25-21-23(30(35)36)15-16-27(25)34(29)18-10-20-47(40,41)42/h4-8,11-16,21H,9-10,17-20,22H2,1-3H3,(H3-,35,36,37,38,39,40,41,42,43,44,45)/p+1. The minimum Gasteiger partial charge on any atom is -0.478 e. The van der Waals surface area contributed by atoms with Crippen LogP contribution in [-0.4, -0.2) is 90.6 Å². The van der Waals surface area contributed by atoms with E-state index in [2.05, 4.69) is 0 Å². The lowest BCUT2D eigenvalue weighted by molar-refractivity contribution is -0.437. The average molecular weight is 724 g/mol. The number of aromatic carboxylic acids is 1. The Balaban J connectivity index is 1.74. The number of para-hydroxylation sites is 1. The zero-order valence-electron chi connectivity index (χ0n) is 26.6. The highest BCUT2D eigenvalue weighted by Gasteiger charge is 2.50. The van der Waals surface area contributed by atoms with E-state index in [0.717, 1.165) is 16.9 Å². The maximum Gasteiger partial charge on any atom is 0.335 e. The van der Waals surface area contributed by atoms with Gasteiger partial charge in [0.25, 0.3) is 30.4 Å². The van der Waals surface area contributed by atoms with Crippen LogP contribution in [0.15, 0.2) is 78.5 Å². The van der Waals surface area contributed by atoms with Crippen molar-refractivity contribution >= 4 is 53.4 Å². The first kappa shape index (κ1) is 37.2. The molecule has 0 saturated heterocycles. The fourth-order valence-electron chi connectivity index (χ4n) is 6.49. The maximum atomic E-state index is 12.3. The van der Waals surface area contributed by atoms with E-state index < -0.39 is 64.4 Å². The second-order valence-electron chi connectivity index (χ2n) is 12.5. The maximum absolute atomic E-state index is 12.3. The number of nitrogens with zero attached hydrogens (tertiary/aromatic N) is 2.